The lowest BCUT2D eigenvalue weighted by molar-refractivity contribution is -0.134. The van der Waals surface area contributed by atoms with E-state index in [2.05, 4.69) is 29.6 Å². The van der Waals surface area contributed by atoms with Gasteiger partial charge in [0.15, 0.2) is 0 Å². The monoisotopic (exact) mass is 315 g/mol. The molecule has 2 fully saturated rings. The van der Waals surface area contributed by atoms with E-state index in [9.17, 15) is 4.79 Å². The summed E-state index contributed by atoms with van der Waals surface area (Å²) in [6, 6.07) is 8.84. The first kappa shape index (κ1) is 16.1. The number of hydrogen-bond acceptors (Lipinski definition) is 4. The van der Waals surface area contributed by atoms with Crippen LogP contribution in [0.2, 0.25) is 0 Å². The van der Waals surface area contributed by atoms with Gasteiger partial charge in [0.25, 0.3) is 0 Å². The highest BCUT2D eigenvalue weighted by Crippen LogP contribution is 2.49. The predicted octanol–water partition coefficient (Wildman–Crippen LogP) is 2.82. The van der Waals surface area contributed by atoms with Crippen molar-refractivity contribution in [3.63, 3.8) is 0 Å². The molecule has 4 heteroatoms. The molecule has 1 N–H and O–H groups in total. The minimum Gasteiger partial charge on any atom is -0.497 e. The number of nitrogens with one attached hydrogen (secondary N) is 1. The smallest absolute Gasteiger partial charge is 0.330 e. The van der Waals surface area contributed by atoms with Crippen LogP contribution in [-0.4, -0.2) is 32.8 Å². The van der Waals surface area contributed by atoms with Gasteiger partial charge >= 0.3 is 5.97 Å². The molecule has 23 heavy (non-hydrogen) atoms. The number of benzene rings is 1. The van der Waals surface area contributed by atoms with Crippen LogP contribution in [0.5, 0.6) is 5.75 Å². The molecule has 1 aliphatic heterocycles. The van der Waals surface area contributed by atoms with Crippen LogP contribution in [-0.2, 0) is 14.9 Å². The summed E-state index contributed by atoms with van der Waals surface area (Å²) >= 11 is 0. The summed E-state index contributed by atoms with van der Waals surface area (Å²) in [6.07, 6.45) is 8.23. The van der Waals surface area contributed by atoms with Gasteiger partial charge in [-0.3, -0.25) is 0 Å². The fraction of sp³-hybridized carbons (Fsp3) is 0.526. The fourth-order valence-corrected chi connectivity index (χ4v) is 4.35. The van der Waals surface area contributed by atoms with Crippen molar-refractivity contribution in [2.75, 3.05) is 20.8 Å². The topological polar surface area (TPSA) is 47.6 Å². The lowest BCUT2D eigenvalue weighted by atomic mass is 9.57. The molecule has 1 heterocycles. The Balaban J connectivity index is 1.99. The van der Waals surface area contributed by atoms with Crippen LogP contribution >= 0.6 is 0 Å². The van der Waals surface area contributed by atoms with Crippen LogP contribution < -0.4 is 10.1 Å². The Morgan fingerprint density at radius 1 is 1.35 bits per heavy atom. The molecule has 2 bridgehead atoms. The van der Waals surface area contributed by atoms with Gasteiger partial charge in [0, 0.05) is 23.5 Å². The maximum atomic E-state index is 11.6. The molecule has 2 aliphatic rings. The normalized spacial score (nSPS) is 30.2. The molecule has 0 spiro atoms. The number of esters is 1. The summed E-state index contributed by atoms with van der Waals surface area (Å²) in [4.78, 5) is 11.6. The number of rotatable bonds is 4. The molecule has 3 rings (SSSR count). The van der Waals surface area contributed by atoms with E-state index in [-0.39, 0.29) is 11.4 Å². The average molecular weight is 315 g/mol. The van der Waals surface area contributed by atoms with Gasteiger partial charge in [-0.05, 0) is 43.5 Å². The van der Waals surface area contributed by atoms with Crippen molar-refractivity contribution in [1.82, 2.24) is 5.32 Å². The second-order valence-electron chi connectivity index (χ2n) is 6.50. The van der Waals surface area contributed by atoms with Crippen molar-refractivity contribution >= 4 is 5.97 Å². The van der Waals surface area contributed by atoms with Gasteiger partial charge in [-0.25, -0.2) is 4.79 Å². The minimum absolute atomic E-state index is 0.0766. The van der Waals surface area contributed by atoms with Gasteiger partial charge in [0.2, 0.25) is 0 Å². The Bertz CT molecular complexity index is 586. The highest BCUT2D eigenvalue weighted by molar-refractivity contribution is 5.81. The molecule has 1 aromatic carbocycles. The molecular weight excluding hydrogens is 290 g/mol. The molecule has 0 radical (unpaired) electrons. The minimum atomic E-state index is -0.283. The van der Waals surface area contributed by atoms with Crippen LogP contribution in [0.1, 0.15) is 31.2 Å². The zero-order valence-electron chi connectivity index (χ0n) is 13.9. The van der Waals surface area contributed by atoms with Crippen LogP contribution in [0.25, 0.3) is 0 Å². The lowest BCUT2D eigenvalue weighted by Gasteiger charge is -2.52. The summed E-state index contributed by atoms with van der Waals surface area (Å²) in [7, 11) is 3.13. The Kier molecular flexibility index (Phi) is 4.71. The van der Waals surface area contributed by atoms with Gasteiger partial charge in [0.1, 0.15) is 5.75 Å². The number of hydrogen-bond donors (Lipinski definition) is 1. The van der Waals surface area contributed by atoms with Gasteiger partial charge in [0.05, 0.1) is 14.2 Å². The van der Waals surface area contributed by atoms with Gasteiger partial charge < -0.3 is 14.8 Å². The summed E-state index contributed by atoms with van der Waals surface area (Å²) in [6.45, 7) is 1.02. The molecule has 3 unspecified atom stereocenters. The van der Waals surface area contributed by atoms with Crippen molar-refractivity contribution in [3.8, 4) is 5.75 Å². The number of carbonyl (C=O) groups excluding carboxylic acids is 1. The molecule has 0 aromatic heterocycles. The fourth-order valence-electron chi connectivity index (χ4n) is 4.35. The Hall–Kier alpha value is -1.81. The maximum absolute atomic E-state index is 11.6. The van der Waals surface area contributed by atoms with Crippen LogP contribution in [0, 0.1) is 5.92 Å². The lowest BCUT2D eigenvalue weighted by Crippen LogP contribution is -2.56. The summed E-state index contributed by atoms with van der Waals surface area (Å²) < 4.78 is 10.2. The average Bonchev–Trinajstić information content (AvgIpc) is 2.59. The van der Waals surface area contributed by atoms with E-state index in [0.717, 1.165) is 31.6 Å². The Morgan fingerprint density at radius 2 is 2.22 bits per heavy atom. The third-order valence-corrected chi connectivity index (χ3v) is 5.47. The quantitative estimate of drug-likeness (QED) is 0.685. The van der Waals surface area contributed by atoms with Crippen LogP contribution in [0.4, 0.5) is 0 Å². The molecule has 1 saturated carbocycles. The zero-order valence-corrected chi connectivity index (χ0v) is 13.9. The third-order valence-electron chi connectivity index (χ3n) is 5.47. The van der Waals surface area contributed by atoms with Crippen molar-refractivity contribution in [2.45, 2.75) is 37.1 Å². The Morgan fingerprint density at radius 3 is 3.00 bits per heavy atom. The molecule has 1 saturated heterocycles. The largest absolute Gasteiger partial charge is 0.497 e. The number of ether oxygens (including phenoxy) is 2. The van der Waals surface area contributed by atoms with Gasteiger partial charge in [-0.1, -0.05) is 24.6 Å². The van der Waals surface area contributed by atoms with E-state index in [1.165, 1.54) is 19.1 Å². The predicted molar refractivity (Wildman–Crippen MR) is 89.6 cm³/mol. The van der Waals surface area contributed by atoms with E-state index in [1.54, 1.807) is 13.2 Å². The molecule has 3 atom stereocenters. The zero-order chi connectivity index (χ0) is 16.3. The van der Waals surface area contributed by atoms with Crippen molar-refractivity contribution in [3.05, 3.63) is 42.0 Å². The number of fused-ring (bicyclic) bond motifs is 2. The first-order chi connectivity index (χ1) is 11.2. The molecule has 124 valence electrons. The number of methoxy groups -OCH3 is 2. The number of carbonyl (C=O) groups is 1. The second kappa shape index (κ2) is 6.75. The van der Waals surface area contributed by atoms with Gasteiger partial charge in [-0.2, -0.15) is 0 Å². The second-order valence-corrected chi connectivity index (χ2v) is 6.50. The third kappa shape index (κ3) is 3.00. The van der Waals surface area contributed by atoms with Crippen molar-refractivity contribution in [1.29, 1.82) is 0 Å². The standard InChI is InChI=1S/C19H25NO3/c1-22-15-6-3-5-14(13-15)19-10-4-7-17(20-12-11-19)16(19)8-9-18(21)23-2/h3,5-6,8-9,13,16-17,20H,4,7,10-12H2,1-2H3/b9-8+. The molecule has 1 aliphatic carbocycles. The SMILES string of the molecule is COC(=O)/C=C/C1C2CCCC1(c1cccc(OC)c1)CCN2. The summed E-state index contributed by atoms with van der Waals surface area (Å²) in [5, 5.41) is 3.63. The number of piperidine rings is 1. The molecule has 0 amide bonds. The summed E-state index contributed by atoms with van der Waals surface area (Å²) in [5.74, 6) is 0.916. The van der Waals surface area contributed by atoms with Gasteiger partial charge in [-0.15, -0.1) is 0 Å². The van der Waals surface area contributed by atoms with E-state index in [1.807, 2.05) is 6.07 Å². The van der Waals surface area contributed by atoms with E-state index in [0.29, 0.717) is 12.0 Å². The first-order valence-corrected chi connectivity index (χ1v) is 8.34. The highest BCUT2D eigenvalue weighted by atomic mass is 16.5. The maximum Gasteiger partial charge on any atom is 0.330 e. The van der Waals surface area contributed by atoms with Crippen LogP contribution in [0.3, 0.4) is 0 Å². The molecular formula is C19H25NO3. The van der Waals surface area contributed by atoms with Crippen LogP contribution in [0.15, 0.2) is 36.4 Å². The summed E-state index contributed by atoms with van der Waals surface area (Å²) in [5.41, 5.74) is 1.40. The van der Waals surface area contributed by atoms with E-state index in [4.69, 9.17) is 9.47 Å². The van der Waals surface area contributed by atoms with E-state index < -0.39 is 0 Å². The first-order valence-electron chi connectivity index (χ1n) is 8.34. The van der Waals surface area contributed by atoms with Crippen molar-refractivity contribution < 1.29 is 14.3 Å². The molecule has 1 aromatic rings. The molecule has 4 nitrogen and oxygen atoms in total. The Labute approximate surface area is 137 Å². The van der Waals surface area contributed by atoms with E-state index >= 15 is 0 Å². The highest BCUT2D eigenvalue weighted by Gasteiger charge is 2.47. The van der Waals surface area contributed by atoms with Crippen molar-refractivity contribution in [2.24, 2.45) is 5.92 Å².